The van der Waals surface area contributed by atoms with Crippen molar-refractivity contribution in [3.8, 4) is 0 Å². The Hall–Kier alpha value is -2.97. The number of morpholine rings is 1. The van der Waals surface area contributed by atoms with Gasteiger partial charge in [0.05, 0.1) is 28.7 Å². The molecular formula is C21H22ClN3O5. The number of nitrogens with zero attached hydrogens (tertiary/aromatic N) is 2. The SMILES string of the molecule is O=C(NCCCC(=O)N1CCOC(c2ccccc2)C1)c1ccc([N+](=O)[O-])cc1Cl. The predicted octanol–water partition coefficient (Wildman–Crippen LogP) is 3.36. The number of hydrogen-bond donors (Lipinski definition) is 1. The number of carbonyl (C=O) groups is 2. The summed E-state index contributed by atoms with van der Waals surface area (Å²) < 4.78 is 5.78. The maximum absolute atomic E-state index is 12.5. The monoisotopic (exact) mass is 431 g/mol. The summed E-state index contributed by atoms with van der Waals surface area (Å²) in [6.07, 6.45) is 0.645. The second kappa shape index (κ2) is 10.2. The summed E-state index contributed by atoms with van der Waals surface area (Å²) in [6.45, 7) is 1.84. The van der Waals surface area contributed by atoms with Gasteiger partial charge in [-0.15, -0.1) is 0 Å². The summed E-state index contributed by atoms with van der Waals surface area (Å²) in [7, 11) is 0. The average molecular weight is 432 g/mol. The van der Waals surface area contributed by atoms with Crippen LogP contribution in [0.3, 0.4) is 0 Å². The standard InChI is InChI=1S/C21H22ClN3O5/c22-18-13-16(25(28)29)8-9-17(18)21(27)23-10-4-7-20(26)24-11-12-30-19(14-24)15-5-2-1-3-6-15/h1-3,5-6,8-9,13,19H,4,7,10-12,14H2,(H,23,27). The first-order valence-electron chi connectivity index (χ1n) is 9.62. The Morgan fingerprint density at radius 2 is 2.00 bits per heavy atom. The summed E-state index contributed by atoms with van der Waals surface area (Å²) >= 11 is 5.96. The van der Waals surface area contributed by atoms with Crippen LogP contribution in [0.5, 0.6) is 0 Å². The normalized spacial score (nSPS) is 16.2. The van der Waals surface area contributed by atoms with E-state index in [4.69, 9.17) is 16.3 Å². The Morgan fingerprint density at radius 3 is 2.70 bits per heavy atom. The summed E-state index contributed by atoms with van der Waals surface area (Å²) in [5.41, 5.74) is 1.02. The van der Waals surface area contributed by atoms with E-state index >= 15 is 0 Å². The highest BCUT2D eigenvalue weighted by Crippen LogP contribution is 2.23. The average Bonchev–Trinajstić information content (AvgIpc) is 2.77. The zero-order valence-corrected chi connectivity index (χ0v) is 17.0. The number of hydrogen-bond acceptors (Lipinski definition) is 5. The van der Waals surface area contributed by atoms with Crippen LogP contribution in [0.15, 0.2) is 48.5 Å². The molecule has 8 nitrogen and oxygen atoms in total. The van der Waals surface area contributed by atoms with E-state index < -0.39 is 10.8 Å². The second-order valence-corrected chi connectivity index (χ2v) is 7.30. The number of halogens is 1. The highest BCUT2D eigenvalue weighted by atomic mass is 35.5. The van der Waals surface area contributed by atoms with Crippen molar-refractivity contribution in [2.75, 3.05) is 26.2 Å². The summed E-state index contributed by atoms with van der Waals surface area (Å²) in [5.74, 6) is -0.417. The summed E-state index contributed by atoms with van der Waals surface area (Å²) in [5, 5.41) is 13.4. The summed E-state index contributed by atoms with van der Waals surface area (Å²) in [4.78, 5) is 36.7. The number of nitro groups is 1. The highest BCUT2D eigenvalue weighted by molar-refractivity contribution is 6.34. The van der Waals surface area contributed by atoms with Crippen LogP contribution in [0, 0.1) is 10.1 Å². The van der Waals surface area contributed by atoms with E-state index in [1.807, 2.05) is 30.3 Å². The van der Waals surface area contributed by atoms with Crippen LogP contribution in [0.4, 0.5) is 5.69 Å². The molecule has 2 amide bonds. The van der Waals surface area contributed by atoms with Crippen LogP contribution in [-0.2, 0) is 9.53 Å². The Bertz CT molecular complexity index is 922. The quantitative estimate of drug-likeness (QED) is 0.411. The Labute approximate surface area is 178 Å². The molecule has 1 aliphatic rings. The minimum atomic E-state index is -0.576. The molecule has 0 spiro atoms. The first-order valence-corrected chi connectivity index (χ1v) is 10.00. The lowest BCUT2D eigenvalue weighted by Gasteiger charge is -2.33. The van der Waals surface area contributed by atoms with Gasteiger partial charge in [0.1, 0.15) is 6.10 Å². The van der Waals surface area contributed by atoms with E-state index in [2.05, 4.69) is 5.32 Å². The van der Waals surface area contributed by atoms with E-state index in [-0.39, 0.29) is 28.3 Å². The zero-order chi connectivity index (χ0) is 21.5. The van der Waals surface area contributed by atoms with Crippen LogP contribution in [-0.4, -0.2) is 47.9 Å². The van der Waals surface area contributed by atoms with Crippen LogP contribution in [0.25, 0.3) is 0 Å². The number of benzene rings is 2. The number of nitro benzene ring substituents is 1. The first kappa shape index (κ1) is 21.7. The number of carbonyl (C=O) groups excluding carboxylic acids is 2. The molecule has 1 aliphatic heterocycles. The smallest absolute Gasteiger partial charge is 0.270 e. The van der Waals surface area contributed by atoms with Crippen molar-refractivity contribution in [2.24, 2.45) is 0 Å². The van der Waals surface area contributed by atoms with Crippen molar-refractivity contribution in [1.82, 2.24) is 10.2 Å². The van der Waals surface area contributed by atoms with Crippen molar-refractivity contribution in [3.05, 3.63) is 74.8 Å². The Kier molecular flexibility index (Phi) is 7.37. The molecule has 2 aromatic carbocycles. The van der Waals surface area contributed by atoms with Gasteiger partial charge in [-0.3, -0.25) is 19.7 Å². The van der Waals surface area contributed by atoms with E-state index in [9.17, 15) is 19.7 Å². The Morgan fingerprint density at radius 1 is 1.23 bits per heavy atom. The molecule has 30 heavy (non-hydrogen) atoms. The van der Waals surface area contributed by atoms with Crippen molar-refractivity contribution >= 4 is 29.1 Å². The first-order chi connectivity index (χ1) is 14.5. The van der Waals surface area contributed by atoms with Crippen molar-refractivity contribution < 1.29 is 19.2 Å². The largest absolute Gasteiger partial charge is 0.370 e. The number of rotatable bonds is 7. The van der Waals surface area contributed by atoms with E-state index in [0.29, 0.717) is 39.1 Å². The summed E-state index contributed by atoms with van der Waals surface area (Å²) in [6, 6.07) is 13.5. The molecule has 1 unspecified atom stereocenters. The van der Waals surface area contributed by atoms with E-state index in [1.165, 1.54) is 12.1 Å². The molecule has 1 saturated heterocycles. The van der Waals surface area contributed by atoms with Gasteiger partial charge >= 0.3 is 0 Å². The topological polar surface area (TPSA) is 102 Å². The second-order valence-electron chi connectivity index (χ2n) is 6.89. The van der Waals surface area contributed by atoms with Gasteiger partial charge < -0.3 is 15.0 Å². The van der Waals surface area contributed by atoms with E-state index in [0.717, 1.165) is 11.6 Å². The predicted molar refractivity (Wildman–Crippen MR) is 111 cm³/mol. The van der Waals surface area contributed by atoms with E-state index in [1.54, 1.807) is 4.90 Å². The number of non-ortho nitro benzene ring substituents is 1. The lowest BCUT2D eigenvalue weighted by molar-refractivity contribution is -0.384. The van der Waals surface area contributed by atoms with Gasteiger partial charge in [-0.05, 0) is 18.1 Å². The van der Waals surface area contributed by atoms with Crippen LogP contribution in [0.1, 0.15) is 34.9 Å². The lowest BCUT2D eigenvalue weighted by atomic mass is 10.1. The van der Waals surface area contributed by atoms with Crippen LogP contribution < -0.4 is 5.32 Å². The van der Waals surface area contributed by atoms with Gasteiger partial charge in [-0.1, -0.05) is 41.9 Å². The van der Waals surface area contributed by atoms with Crippen molar-refractivity contribution in [1.29, 1.82) is 0 Å². The van der Waals surface area contributed by atoms with Gasteiger partial charge in [0.2, 0.25) is 5.91 Å². The molecule has 0 aromatic heterocycles. The van der Waals surface area contributed by atoms with Gasteiger partial charge in [-0.2, -0.15) is 0 Å². The molecule has 1 N–H and O–H groups in total. The minimum absolute atomic E-state index is 0.0121. The minimum Gasteiger partial charge on any atom is -0.370 e. The fraction of sp³-hybridized carbons (Fsp3) is 0.333. The molecule has 0 aliphatic carbocycles. The zero-order valence-electron chi connectivity index (χ0n) is 16.3. The molecule has 2 aromatic rings. The van der Waals surface area contributed by atoms with Gasteiger partial charge in [-0.25, -0.2) is 0 Å². The van der Waals surface area contributed by atoms with Crippen molar-refractivity contribution in [2.45, 2.75) is 18.9 Å². The molecule has 3 rings (SSSR count). The number of amides is 2. The third-order valence-electron chi connectivity index (χ3n) is 4.85. The molecule has 1 fully saturated rings. The van der Waals surface area contributed by atoms with Crippen molar-refractivity contribution in [3.63, 3.8) is 0 Å². The number of nitrogens with one attached hydrogen (secondary N) is 1. The third kappa shape index (κ3) is 5.55. The van der Waals surface area contributed by atoms with Crippen LogP contribution in [0.2, 0.25) is 5.02 Å². The molecule has 9 heteroatoms. The maximum atomic E-state index is 12.5. The molecule has 1 heterocycles. The van der Waals surface area contributed by atoms with Gasteiger partial charge in [0.25, 0.3) is 11.6 Å². The van der Waals surface area contributed by atoms with Gasteiger partial charge in [0, 0.05) is 31.6 Å². The van der Waals surface area contributed by atoms with Crippen LogP contribution >= 0.6 is 11.6 Å². The fourth-order valence-electron chi connectivity index (χ4n) is 3.24. The molecular weight excluding hydrogens is 410 g/mol. The third-order valence-corrected chi connectivity index (χ3v) is 5.16. The van der Waals surface area contributed by atoms with Gasteiger partial charge in [0.15, 0.2) is 0 Å². The molecule has 1 atom stereocenters. The molecule has 0 radical (unpaired) electrons. The molecule has 0 saturated carbocycles. The number of ether oxygens (including phenoxy) is 1. The molecule has 158 valence electrons. The molecule has 0 bridgehead atoms. The Balaban J connectivity index is 1.44. The lowest BCUT2D eigenvalue weighted by Crippen LogP contribution is -2.42. The highest BCUT2D eigenvalue weighted by Gasteiger charge is 2.25. The maximum Gasteiger partial charge on any atom is 0.270 e. The fourth-order valence-corrected chi connectivity index (χ4v) is 3.50.